The van der Waals surface area contributed by atoms with Gasteiger partial charge in [0.15, 0.2) is 6.10 Å². The Morgan fingerprint density at radius 1 is 1.35 bits per heavy atom. The zero-order valence-electron chi connectivity index (χ0n) is 12.2. The molecule has 1 fully saturated rings. The van der Waals surface area contributed by atoms with Crippen molar-refractivity contribution in [3.05, 3.63) is 23.8 Å². The van der Waals surface area contributed by atoms with Crippen LogP contribution in [-0.2, 0) is 11.2 Å². The number of amides is 1. The number of nitrogens with zero attached hydrogens (tertiary/aromatic N) is 1. The van der Waals surface area contributed by atoms with E-state index in [1.54, 1.807) is 11.8 Å². The standard InChI is InChI=1S/C16H22N2O2/c1-11-16(19)18(2)14-10-13(3-4-15(14)20-11)9-12-5-7-17-8-6-12/h3-4,10-12,17H,5-9H2,1-2H3. The summed E-state index contributed by atoms with van der Waals surface area (Å²) >= 11 is 0. The van der Waals surface area contributed by atoms with Gasteiger partial charge in [-0.1, -0.05) is 6.07 Å². The first-order chi connectivity index (χ1) is 9.65. The maximum atomic E-state index is 12.0. The molecule has 20 heavy (non-hydrogen) atoms. The summed E-state index contributed by atoms with van der Waals surface area (Å²) in [4.78, 5) is 13.7. The van der Waals surface area contributed by atoms with E-state index in [-0.39, 0.29) is 12.0 Å². The Balaban J connectivity index is 1.80. The van der Waals surface area contributed by atoms with Crippen LogP contribution in [0.4, 0.5) is 5.69 Å². The van der Waals surface area contributed by atoms with Crippen molar-refractivity contribution in [1.29, 1.82) is 0 Å². The molecular formula is C16H22N2O2. The third-order valence-corrected chi connectivity index (χ3v) is 4.35. The van der Waals surface area contributed by atoms with Crippen LogP contribution in [0.3, 0.4) is 0 Å². The molecule has 4 nitrogen and oxygen atoms in total. The van der Waals surface area contributed by atoms with Crippen LogP contribution in [0.2, 0.25) is 0 Å². The Morgan fingerprint density at radius 2 is 2.10 bits per heavy atom. The van der Waals surface area contributed by atoms with Gasteiger partial charge < -0.3 is 15.0 Å². The van der Waals surface area contributed by atoms with E-state index in [1.165, 1.54) is 18.4 Å². The number of likely N-dealkylation sites (N-methyl/N-ethyl adjacent to an activating group) is 1. The Bertz CT molecular complexity index is 509. The lowest BCUT2D eigenvalue weighted by Gasteiger charge is -2.31. The van der Waals surface area contributed by atoms with E-state index in [0.29, 0.717) is 0 Å². The summed E-state index contributed by atoms with van der Waals surface area (Å²) in [5.41, 5.74) is 2.20. The molecule has 1 unspecified atom stereocenters. The van der Waals surface area contributed by atoms with Gasteiger partial charge in [0, 0.05) is 7.05 Å². The fourth-order valence-corrected chi connectivity index (χ4v) is 3.10. The summed E-state index contributed by atoms with van der Waals surface area (Å²) < 4.78 is 5.66. The summed E-state index contributed by atoms with van der Waals surface area (Å²) in [5.74, 6) is 1.59. The Labute approximate surface area is 120 Å². The third kappa shape index (κ3) is 2.52. The molecule has 1 aromatic rings. The predicted molar refractivity (Wildman–Crippen MR) is 79.2 cm³/mol. The van der Waals surface area contributed by atoms with Gasteiger partial charge in [-0.3, -0.25) is 4.79 Å². The largest absolute Gasteiger partial charge is 0.479 e. The molecule has 1 N–H and O–H groups in total. The topological polar surface area (TPSA) is 41.6 Å². The van der Waals surface area contributed by atoms with E-state index in [4.69, 9.17) is 4.74 Å². The van der Waals surface area contributed by atoms with Crippen molar-refractivity contribution >= 4 is 11.6 Å². The molecule has 2 heterocycles. The van der Waals surface area contributed by atoms with E-state index in [2.05, 4.69) is 17.4 Å². The molecule has 0 radical (unpaired) electrons. The molecule has 1 saturated heterocycles. The minimum absolute atomic E-state index is 0.0246. The quantitative estimate of drug-likeness (QED) is 0.896. The fourth-order valence-electron chi connectivity index (χ4n) is 3.10. The second-order valence-electron chi connectivity index (χ2n) is 5.86. The van der Waals surface area contributed by atoms with Crippen LogP contribution in [0, 0.1) is 5.92 Å². The summed E-state index contributed by atoms with van der Waals surface area (Å²) in [6.45, 7) is 4.04. The number of rotatable bonds is 2. The van der Waals surface area contributed by atoms with Crippen LogP contribution in [-0.4, -0.2) is 32.1 Å². The normalized spacial score (nSPS) is 23.4. The van der Waals surface area contributed by atoms with Gasteiger partial charge in [-0.25, -0.2) is 0 Å². The van der Waals surface area contributed by atoms with Gasteiger partial charge in [0.05, 0.1) is 5.69 Å². The zero-order valence-corrected chi connectivity index (χ0v) is 12.2. The number of anilines is 1. The van der Waals surface area contributed by atoms with Gasteiger partial charge in [0.25, 0.3) is 5.91 Å². The number of carbonyl (C=O) groups excluding carboxylic acids is 1. The van der Waals surface area contributed by atoms with Crippen molar-refractivity contribution in [1.82, 2.24) is 5.32 Å². The first-order valence-corrected chi connectivity index (χ1v) is 7.43. The maximum Gasteiger partial charge on any atom is 0.267 e. The highest BCUT2D eigenvalue weighted by atomic mass is 16.5. The van der Waals surface area contributed by atoms with Crippen molar-refractivity contribution < 1.29 is 9.53 Å². The van der Waals surface area contributed by atoms with Crippen molar-refractivity contribution in [3.8, 4) is 5.75 Å². The van der Waals surface area contributed by atoms with Gasteiger partial charge in [-0.05, 0) is 62.9 Å². The highest BCUT2D eigenvalue weighted by Crippen LogP contribution is 2.34. The lowest BCUT2D eigenvalue weighted by Crippen LogP contribution is -2.42. The summed E-state index contributed by atoms with van der Waals surface area (Å²) in [6.07, 6.45) is 3.17. The molecule has 0 aliphatic carbocycles. The number of hydrogen-bond acceptors (Lipinski definition) is 3. The molecule has 2 aliphatic heterocycles. The van der Waals surface area contributed by atoms with Crippen LogP contribution in [0.25, 0.3) is 0 Å². The molecule has 1 atom stereocenters. The molecular weight excluding hydrogens is 252 g/mol. The third-order valence-electron chi connectivity index (χ3n) is 4.35. The lowest BCUT2D eigenvalue weighted by molar-refractivity contribution is -0.125. The van der Waals surface area contributed by atoms with E-state index in [1.807, 2.05) is 13.1 Å². The number of piperidine rings is 1. The number of nitrogens with one attached hydrogen (secondary N) is 1. The van der Waals surface area contributed by atoms with Crippen LogP contribution in [0.1, 0.15) is 25.3 Å². The maximum absolute atomic E-state index is 12.0. The number of ether oxygens (including phenoxy) is 1. The highest BCUT2D eigenvalue weighted by molar-refractivity contribution is 5.99. The average Bonchev–Trinajstić information content (AvgIpc) is 2.47. The van der Waals surface area contributed by atoms with Crippen molar-refractivity contribution in [2.45, 2.75) is 32.3 Å². The van der Waals surface area contributed by atoms with Gasteiger partial charge in [0.1, 0.15) is 5.75 Å². The van der Waals surface area contributed by atoms with E-state index in [9.17, 15) is 4.79 Å². The van der Waals surface area contributed by atoms with Crippen LogP contribution in [0.15, 0.2) is 18.2 Å². The monoisotopic (exact) mass is 274 g/mol. The SMILES string of the molecule is CC1Oc2ccc(CC3CCNCC3)cc2N(C)C1=O. The second kappa shape index (κ2) is 5.44. The Kier molecular flexibility index (Phi) is 3.66. The molecule has 0 bridgehead atoms. The first kappa shape index (κ1) is 13.4. The molecule has 108 valence electrons. The minimum Gasteiger partial charge on any atom is -0.479 e. The predicted octanol–water partition coefficient (Wildman–Crippen LogP) is 1.97. The van der Waals surface area contributed by atoms with Crippen molar-refractivity contribution in [3.63, 3.8) is 0 Å². The summed E-state index contributed by atoms with van der Waals surface area (Å²) in [7, 11) is 1.83. The molecule has 3 rings (SSSR count). The van der Waals surface area contributed by atoms with Crippen LogP contribution < -0.4 is 15.0 Å². The molecule has 0 aromatic heterocycles. The Morgan fingerprint density at radius 3 is 2.85 bits per heavy atom. The summed E-state index contributed by atoms with van der Waals surface area (Å²) in [6, 6.07) is 6.25. The van der Waals surface area contributed by atoms with Gasteiger partial charge in [-0.2, -0.15) is 0 Å². The Hall–Kier alpha value is -1.55. The zero-order chi connectivity index (χ0) is 14.1. The number of hydrogen-bond donors (Lipinski definition) is 1. The van der Waals surface area contributed by atoms with E-state index < -0.39 is 0 Å². The van der Waals surface area contributed by atoms with Gasteiger partial charge in [-0.15, -0.1) is 0 Å². The number of benzene rings is 1. The first-order valence-electron chi connectivity index (χ1n) is 7.43. The minimum atomic E-state index is -0.386. The second-order valence-corrected chi connectivity index (χ2v) is 5.86. The summed E-state index contributed by atoms with van der Waals surface area (Å²) in [5, 5.41) is 3.40. The van der Waals surface area contributed by atoms with Gasteiger partial charge in [0.2, 0.25) is 0 Å². The molecule has 2 aliphatic rings. The molecule has 1 aromatic carbocycles. The van der Waals surface area contributed by atoms with Crippen LogP contribution in [0.5, 0.6) is 5.75 Å². The smallest absolute Gasteiger partial charge is 0.267 e. The molecule has 0 spiro atoms. The highest BCUT2D eigenvalue weighted by Gasteiger charge is 2.29. The van der Waals surface area contributed by atoms with Crippen LogP contribution >= 0.6 is 0 Å². The molecule has 4 heteroatoms. The van der Waals surface area contributed by atoms with Crippen molar-refractivity contribution in [2.24, 2.45) is 5.92 Å². The van der Waals surface area contributed by atoms with Gasteiger partial charge >= 0.3 is 0 Å². The van der Waals surface area contributed by atoms with Crippen molar-refractivity contribution in [2.75, 3.05) is 25.0 Å². The number of fused-ring (bicyclic) bond motifs is 1. The molecule has 1 amide bonds. The van der Waals surface area contributed by atoms with E-state index >= 15 is 0 Å². The average molecular weight is 274 g/mol. The number of carbonyl (C=O) groups is 1. The van der Waals surface area contributed by atoms with E-state index in [0.717, 1.165) is 36.9 Å². The molecule has 0 saturated carbocycles. The fraction of sp³-hybridized carbons (Fsp3) is 0.562. The lowest BCUT2D eigenvalue weighted by atomic mass is 9.90.